The van der Waals surface area contributed by atoms with Crippen molar-refractivity contribution < 1.29 is 4.79 Å². The molecule has 0 atom stereocenters. The largest absolute Gasteiger partial charge is 0.338 e. The number of amides is 2. The van der Waals surface area contributed by atoms with Gasteiger partial charge < -0.3 is 10.6 Å². The van der Waals surface area contributed by atoms with Crippen LogP contribution in [0.15, 0.2) is 29.6 Å². The second kappa shape index (κ2) is 6.75. The number of nitrogens with one attached hydrogen (secondary N) is 2. The van der Waals surface area contributed by atoms with E-state index in [1.807, 2.05) is 17.5 Å². The summed E-state index contributed by atoms with van der Waals surface area (Å²) >= 11 is 13.1. The number of pyridine rings is 1. The number of anilines is 1. The molecule has 2 rings (SSSR count). The molecule has 0 aliphatic carbocycles. The summed E-state index contributed by atoms with van der Waals surface area (Å²) in [4.78, 5) is 16.7. The van der Waals surface area contributed by atoms with Gasteiger partial charge in [-0.05, 0) is 30.0 Å². The quantitative estimate of drug-likeness (QED) is 0.843. The standard InChI is InChI=1S/C12H11Cl2N3OS/c13-10-6-8(7-11(14)17-10)16-12(18)15-4-3-9-2-1-5-19-9/h1-2,5-7H,3-4H2,(H2,15,16,17,18). The van der Waals surface area contributed by atoms with E-state index in [1.165, 1.54) is 17.0 Å². The monoisotopic (exact) mass is 315 g/mol. The van der Waals surface area contributed by atoms with E-state index in [0.29, 0.717) is 12.2 Å². The molecule has 2 N–H and O–H groups in total. The van der Waals surface area contributed by atoms with E-state index >= 15 is 0 Å². The molecular formula is C12H11Cl2N3OS. The maximum Gasteiger partial charge on any atom is 0.319 e. The number of hydrogen-bond donors (Lipinski definition) is 2. The summed E-state index contributed by atoms with van der Waals surface area (Å²) in [6.07, 6.45) is 0.808. The van der Waals surface area contributed by atoms with Gasteiger partial charge in [-0.15, -0.1) is 11.3 Å². The molecule has 2 aromatic heterocycles. The average Bonchev–Trinajstić information content (AvgIpc) is 2.80. The van der Waals surface area contributed by atoms with Crippen molar-refractivity contribution in [2.45, 2.75) is 6.42 Å². The van der Waals surface area contributed by atoms with Crippen molar-refractivity contribution in [3.63, 3.8) is 0 Å². The van der Waals surface area contributed by atoms with Gasteiger partial charge in [0.25, 0.3) is 0 Å². The van der Waals surface area contributed by atoms with E-state index in [1.54, 1.807) is 11.3 Å². The Kier molecular flexibility index (Phi) is 5.01. The Hall–Kier alpha value is -1.30. The summed E-state index contributed by atoms with van der Waals surface area (Å²) in [6.45, 7) is 0.568. The Balaban J connectivity index is 1.80. The minimum absolute atomic E-state index is 0.237. The Bertz CT molecular complexity index is 540. The van der Waals surface area contributed by atoms with Gasteiger partial charge in [-0.2, -0.15) is 0 Å². The molecule has 7 heteroatoms. The lowest BCUT2D eigenvalue weighted by molar-refractivity contribution is 0.252. The Morgan fingerprint density at radius 2 is 2.05 bits per heavy atom. The minimum Gasteiger partial charge on any atom is -0.338 e. The van der Waals surface area contributed by atoms with Crippen molar-refractivity contribution in [3.8, 4) is 0 Å². The maximum atomic E-state index is 11.6. The molecule has 0 spiro atoms. The lowest BCUT2D eigenvalue weighted by Gasteiger charge is -2.07. The number of carbonyl (C=O) groups excluding carboxylic acids is 1. The normalized spacial score (nSPS) is 10.2. The van der Waals surface area contributed by atoms with Crippen LogP contribution in [-0.4, -0.2) is 17.6 Å². The van der Waals surface area contributed by atoms with E-state index in [0.717, 1.165) is 6.42 Å². The summed E-state index contributed by atoms with van der Waals surface area (Å²) in [7, 11) is 0. The number of halogens is 2. The zero-order chi connectivity index (χ0) is 13.7. The fourth-order valence-electron chi connectivity index (χ4n) is 1.47. The van der Waals surface area contributed by atoms with E-state index < -0.39 is 0 Å². The van der Waals surface area contributed by atoms with Gasteiger partial charge in [0.05, 0.1) is 0 Å². The van der Waals surface area contributed by atoms with Crippen molar-refractivity contribution in [1.29, 1.82) is 0 Å². The molecule has 2 heterocycles. The molecule has 0 unspecified atom stereocenters. The van der Waals surface area contributed by atoms with Crippen LogP contribution in [0.4, 0.5) is 10.5 Å². The number of urea groups is 1. The molecule has 100 valence electrons. The highest BCUT2D eigenvalue weighted by molar-refractivity contribution is 7.09. The first kappa shape index (κ1) is 14.1. The maximum absolute atomic E-state index is 11.6. The van der Waals surface area contributed by atoms with Crippen LogP contribution in [0.2, 0.25) is 10.3 Å². The first-order valence-corrected chi connectivity index (χ1v) is 7.17. The molecule has 0 saturated heterocycles. The smallest absolute Gasteiger partial charge is 0.319 e. The third-order valence-corrected chi connectivity index (χ3v) is 3.58. The van der Waals surface area contributed by atoms with E-state index in [2.05, 4.69) is 15.6 Å². The molecule has 0 radical (unpaired) electrons. The molecule has 0 aliphatic rings. The van der Waals surface area contributed by atoms with Crippen LogP contribution in [0.25, 0.3) is 0 Å². The number of carbonyl (C=O) groups is 1. The predicted molar refractivity (Wildman–Crippen MR) is 79.3 cm³/mol. The van der Waals surface area contributed by atoms with Crippen molar-refractivity contribution in [1.82, 2.24) is 10.3 Å². The topological polar surface area (TPSA) is 54.0 Å². The molecule has 0 aliphatic heterocycles. The van der Waals surface area contributed by atoms with Crippen molar-refractivity contribution in [2.75, 3.05) is 11.9 Å². The highest BCUT2D eigenvalue weighted by Gasteiger charge is 2.04. The number of nitrogens with zero attached hydrogens (tertiary/aromatic N) is 1. The van der Waals surface area contributed by atoms with Crippen LogP contribution in [-0.2, 0) is 6.42 Å². The van der Waals surface area contributed by atoms with Crippen molar-refractivity contribution >= 4 is 46.3 Å². The first-order chi connectivity index (χ1) is 9.13. The number of rotatable bonds is 4. The molecule has 0 aromatic carbocycles. The average molecular weight is 316 g/mol. The van der Waals surface area contributed by atoms with Crippen LogP contribution in [0.3, 0.4) is 0 Å². The van der Waals surface area contributed by atoms with Crippen LogP contribution >= 0.6 is 34.5 Å². The number of thiophene rings is 1. The molecule has 2 amide bonds. The molecule has 19 heavy (non-hydrogen) atoms. The highest BCUT2D eigenvalue weighted by Crippen LogP contribution is 2.18. The van der Waals surface area contributed by atoms with Crippen LogP contribution in [0.5, 0.6) is 0 Å². The van der Waals surface area contributed by atoms with Gasteiger partial charge in [0.1, 0.15) is 10.3 Å². The predicted octanol–water partition coefficient (Wildman–Crippen LogP) is 3.81. The fourth-order valence-corrected chi connectivity index (χ4v) is 2.64. The summed E-state index contributed by atoms with van der Waals surface area (Å²) in [5.74, 6) is 0. The second-order valence-electron chi connectivity index (χ2n) is 3.71. The summed E-state index contributed by atoms with van der Waals surface area (Å²) in [5, 5.41) is 7.89. The number of hydrogen-bond acceptors (Lipinski definition) is 3. The van der Waals surface area contributed by atoms with Crippen molar-refractivity contribution in [2.24, 2.45) is 0 Å². The van der Waals surface area contributed by atoms with Gasteiger partial charge in [-0.1, -0.05) is 29.3 Å². The minimum atomic E-state index is -0.296. The third kappa shape index (κ3) is 4.70. The Morgan fingerprint density at radius 3 is 2.68 bits per heavy atom. The lowest BCUT2D eigenvalue weighted by atomic mass is 10.3. The second-order valence-corrected chi connectivity index (χ2v) is 5.52. The Morgan fingerprint density at radius 1 is 1.32 bits per heavy atom. The summed E-state index contributed by atoms with van der Waals surface area (Å²) in [6, 6.07) is 6.79. The number of aromatic nitrogens is 1. The molecule has 0 saturated carbocycles. The van der Waals surface area contributed by atoms with E-state index in [4.69, 9.17) is 23.2 Å². The fraction of sp³-hybridized carbons (Fsp3) is 0.167. The summed E-state index contributed by atoms with van der Waals surface area (Å²) < 4.78 is 0. The van der Waals surface area contributed by atoms with Gasteiger partial charge >= 0.3 is 6.03 Å². The highest BCUT2D eigenvalue weighted by atomic mass is 35.5. The van der Waals surface area contributed by atoms with E-state index in [9.17, 15) is 4.79 Å². The molecule has 2 aromatic rings. The first-order valence-electron chi connectivity index (χ1n) is 5.54. The lowest BCUT2D eigenvalue weighted by Crippen LogP contribution is -2.30. The summed E-state index contributed by atoms with van der Waals surface area (Å²) in [5.41, 5.74) is 0.513. The van der Waals surface area contributed by atoms with Gasteiger partial charge in [0.15, 0.2) is 0 Å². The zero-order valence-electron chi connectivity index (χ0n) is 9.82. The van der Waals surface area contributed by atoms with E-state index in [-0.39, 0.29) is 16.3 Å². The van der Waals surface area contributed by atoms with Crippen LogP contribution in [0, 0.1) is 0 Å². The zero-order valence-corrected chi connectivity index (χ0v) is 12.1. The SMILES string of the molecule is O=C(NCCc1cccs1)Nc1cc(Cl)nc(Cl)c1. The van der Waals surface area contributed by atoms with Crippen molar-refractivity contribution in [3.05, 3.63) is 44.8 Å². The van der Waals surface area contributed by atoms with Gasteiger partial charge in [0, 0.05) is 17.1 Å². The third-order valence-electron chi connectivity index (χ3n) is 2.26. The van der Waals surface area contributed by atoms with Gasteiger partial charge in [0.2, 0.25) is 0 Å². The molecule has 0 bridgehead atoms. The van der Waals surface area contributed by atoms with Crippen LogP contribution < -0.4 is 10.6 Å². The molecule has 0 fully saturated rings. The van der Waals surface area contributed by atoms with Gasteiger partial charge in [-0.3, -0.25) is 0 Å². The molecule has 4 nitrogen and oxygen atoms in total. The van der Waals surface area contributed by atoms with Crippen LogP contribution in [0.1, 0.15) is 4.88 Å². The molecular weight excluding hydrogens is 305 g/mol. The van der Waals surface area contributed by atoms with Gasteiger partial charge in [-0.25, -0.2) is 9.78 Å². The Labute approximate surface area is 124 Å².